The summed E-state index contributed by atoms with van der Waals surface area (Å²) in [7, 11) is 0. The van der Waals surface area contributed by atoms with Crippen molar-refractivity contribution in [3.05, 3.63) is 11.6 Å². The number of rotatable bonds is 2. The zero-order chi connectivity index (χ0) is 15.1. The van der Waals surface area contributed by atoms with E-state index in [1.807, 2.05) is 0 Å². The molecule has 0 N–H and O–H groups in total. The van der Waals surface area contributed by atoms with E-state index in [2.05, 4.69) is 26.6 Å². The third kappa shape index (κ3) is 2.55. The van der Waals surface area contributed by atoms with E-state index in [1.165, 1.54) is 19.3 Å². The molecule has 1 aliphatic carbocycles. The summed E-state index contributed by atoms with van der Waals surface area (Å²) < 4.78 is 2.35. The van der Waals surface area contributed by atoms with Crippen molar-refractivity contribution in [3.63, 3.8) is 0 Å². The van der Waals surface area contributed by atoms with Crippen LogP contribution < -0.4 is 0 Å². The second kappa shape index (κ2) is 5.67. The van der Waals surface area contributed by atoms with E-state index in [-0.39, 0.29) is 0 Å². The Morgan fingerprint density at radius 1 is 1.14 bits per heavy atom. The average molecular weight is 302 g/mol. The van der Waals surface area contributed by atoms with Crippen molar-refractivity contribution in [1.82, 2.24) is 19.7 Å². The smallest absolute Gasteiger partial charge is 0.225 e. The van der Waals surface area contributed by atoms with Gasteiger partial charge in [0.1, 0.15) is 11.6 Å². The van der Waals surface area contributed by atoms with Gasteiger partial charge in [-0.15, -0.1) is 10.2 Å². The van der Waals surface area contributed by atoms with Gasteiger partial charge < -0.3 is 9.47 Å². The molecular weight excluding hydrogens is 276 g/mol. The van der Waals surface area contributed by atoms with Crippen molar-refractivity contribution in [2.24, 2.45) is 11.8 Å². The highest BCUT2D eigenvalue weighted by molar-refractivity contribution is 5.81. The Hall–Kier alpha value is -1.39. The molecule has 5 heteroatoms. The van der Waals surface area contributed by atoms with Crippen LogP contribution >= 0.6 is 0 Å². The quantitative estimate of drug-likeness (QED) is 0.843. The molecule has 3 atom stereocenters. The molecule has 1 amide bonds. The zero-order valence-corrected chi connectivity index (χ0v) is 13.5. The highest BCUT2D eigenvalue weighted by Gasteiger charge is 2.42. The van der Waals surface area contributed by atoms with Crippen LogP contribution in [0.2, 0.25) is 0 Å². The van der Waals surface area contributed by atoms with Gasteiger partial charge in [-0.25, -0.2) is 0 Å². The van der Waals surface area contributed by atoms with Gasteiger partial charge in [-0.05, 0) is 38.0 Å². The SMILES string of the molecule is C[C@@H]1C[C@H]1C(=O)N1CCC[C@@H](c2nnc3n2CCCCC3)C1. The Labute approximate surface area is 132 Å². The zero-order valence-electron chi connectivity index (χ0n) is 13.5. The predicted octanol–water partition coefficient (Wildman–Crippen LogP) is 2.37. The summed E-state index contributed by atoms with van der Waals surface area (Å²) in [6.45, 7) is 5.02. The van der Waals surface area contributed by atoms with Gasteiger partial charge in [-0.2, -0.15) is 0 Å². The van der Waals surface area contributed by atoms with Crippen molar-refractivity contribution >= 4 is 5.91 Å². The van der Waals surface area contributed by atoms with Crippen molar-refractivity contribution < 1.29 is 4.79 Å². The van der Waals surface area contributed by atoms with Gasteiger partial charge in [0.05, 0.1) is 0 Å². The first-order valence-electron chi connectivity index (χ1n) is 8.95. The molecule has 2 aliphatic heterocycles. The molecule has 0 spiro atoms. The highest BCUT2D eigenvalue weighted by Crippen LogP contribution is 2.40. The summed E-state index contributed by atoms with van der Waals surface area (Å²) in [5, 5.41) is 8.94. The van der Waals surface area contributed by atoms with Crippen molar-refractivity contribution in [2.45, 2.75) is 64.3 Å². The normalized spacial score (nSPS) is 31.5. The summed E-state index contributed by atoms with van der Waals surface area (Å²) >= 11 is 0. The second-order valence-corrected chi connectivity index (χ2v) is 7.38. The Kier molecular flexibility index (Phi) is 3.66. The third-order valence-corrected chi connectivity index (χ3v) is 5.66. The minimum atomic E-state index is 0.300. The predicted molar refractivity (Wildman–Crippen MR) is 83.4 cm³/mol. The second-order valence-electron chi connectivity index (χ2n) is 7.38. The van der Waals surface area contributed by atoms with Crippen LogP contribution in [0.1, 0.15) is 63.0 Å². The number of hydrogen-bond acceptors (Lipinski definition) is 3. The topological polar surface area (TPSA) is 51.0 Å². The van der Waals surface area contributed by atoms with Gasteiger partial charge in [-0.3, -0.25) is 4.79 Å². The van der Waals surface area contributed by atoms with Crippen LogP contribution in [0, 0.1) is 11.8 Å². The van der Waals surface area contributed by atoms with Crippen molar-refractivity contribution in [2.75, 3.05) is 13.1 Å². The van der Waals surface area contributed by atoms with Gasteiger partial charge >= 0.3 is 0 Å². The monoisotopic (exact) mass is 302 g/mol. The molecule has 3 heterocycles. The van der Waals surface area contributed by atoms with Crippen LogP contribution in [0.3, 0.4) is 0 Å². The van der Waals surface area contributed by atoms with Crippen molar-refractivity contribution in [3.8, 4) is 0 Å². The van der Waals surface area contributed by atoms with Gasteiger partial charge in [0, 0.05) is 37.9 Å². The standard InChI is InChI=1S/C17H26N4O/c1-12-10-14(12)17(22)20-8-5-6-13(11-20)16-19-18-15-7-3-2-4-9-21(15)16/h12-14H,2-11H2,1H3/t12-,13-,14-/m1/s1. The molecule has 1 aromatic heterocycles. The van der Waals surface area contributed by atoms with E-state index < -0.39 is 0 Å². The molecule has 5 nitrogen and oxygen atoms in total. The number of amides is 1. The third-order valence-electron chi connectivity index (χ3n) is 5.66. The molecule has 0 radical (unpaired) electrons. The number of nitrogens with zero attached hydrogens (tertiary/aromatic N) is 4. The van der Waals surface area contributed by atoms with Gasteiger partial charge in [0.15, 0.2) is 0 Å². The van der Waals surface area contributed by atoms with E-state index in [4.69, 9.17) is 0 Å². The largest absolute Gasteiger partial charge is 0.342 e. The van der Waals surface area contributed by atoms with Crippen LogP contribution in [0.25, 0.3) is 0 Å². The summed E-state index contributed by atoms with van der Waals surface area (Å²) in [5.74, 6) is 3.95. The van der Waals surface area contributed by atoms with E-state index in [0.717, 1.165) is 57.0 Å². The fourth-order valence-electron chi connectivity index (χ4n) is 4.10. The maximum absolute atomic E-state index is 12.5. The lowest BCUT2D eigenvalue weighted by Crippen LogP contribution is -2.40. The first-order valence-corrected chi connectivity index (χ1v) is 8.95. The molecule has 3 aliphatic rings. The molecule has 4 rings (SSSR count). The molecule has 1 saturated carbocycles. The Morgan fingerprint density at radius 2 is 2.00 bits per heavy atom. The Morgan fingerprint density at radius 3 is 2.82 bits per heavy atom. The number of carbonyl (C=O) groups is 1. The summed E-state index contributed by atoms with van der Waals surface area (Å²) in [6.07, 6.45) is 8.13. The number of aromatic nitrogens is 3. The minimum absolute atomic E-state index is 0.300. The Balaban J connectivity index is 1.50. The number of hydrogen-bond donors (Lipinski definition) is 0. The van der Waals surface area contributed by atoms with E-state index in [9.17, 15) is 4.79 Å². The molecule has 2 fully saturated rings. The Bertz CT molecular complexity index is 567. The maximum atomic E-state index is 12.5. The van der Waals surface area contributed by atoms with Gasteiger partial charge in [0.25, 0.3) is 0 Å². The molecule has 1 aromatic rings. The number of piperidine rings is 1. The molecule has 120 valence electrons. The first kappa shape index (κ1) is 14.2. The van der Waals surface area contributed by atoms with E-state index in [1.54, 1.807) is 0 Å². The minimum Gasteiger partial charge on any atom is -0.342 e. The lowest BCUT2D eigenvalue weighted by Gasteiger charge is -2.32. The van der Waals surface area contributed by atoms with Crippen LogP contribution in [0.5, 0.6) is 0 Å². The van der Waals surface area contributed by atoms with Gasteiger partial charge in [-0.1, -0.05) is 13.3 Å². The average Bonchev–Trinajstić information content (AvgIpc) is 3.21. The number of carbonyl (C=O) groups excluding carboxylic acids is 1. The molecule has 0 aromatic carbocycles. The van der Waals surface area contributed by atoms with Crippen LogP contribution in [0.15, 0.2) is 0 Å². The molecular formula is C17H26N4O. The molecule has 0 bridgehead atoms. The molecule has 22 heavy (non-hydrogen) atoms. The fraction of sp³-hybridized carbons (Fsp3) is 0.824. The summed E-state index contributed by atoms with van der Waals surface area (Å²) in [5.41, 5.74) is 0. The summed E-state index contributed by atoms with van der Waals surface area (Å²) in [6, 6.07) is 0. The summed E-state index contributed by atoms with van der Waals surface area (Å²) in [4.78, 5) is 14.6. The van der Waals surface area contributed by atoms with Crippen LogP contribution in [0.4, 0.5) is 0 Å². The van der Waals surface area contributed by atoms with Crippen molar-refractivity contribution in [1.29, 1.82) is 0 Å². The molecule has 0 unspecified atom stereocenters. The number of likely N-dealkylation sites (tertiary alicyclic amines) is 1. The maximum Gasteiger partial charge on any atom is 0.225 e. The van der Waals surface area contributed by atoms with Crippen LogP contribution in [-0.4, -0.2) is 38.7 Å². The lowest BCUT2D eigenvalue weighted by atomic mass is 9.96. The van der Waals surface area contributed by atoms with Crippen LogP contribution in [-0.2, 0) is 17.8 Å². The molecule has 1 saturated heterocycles. The van der Waals surface area contributed by atoms with E-state index >= 15 is 0 Å². The first-order chi connectivity index (χ1) is 10.7. The highest BCUT2D eigenvalue weighted by atomic mass is 16.2. The van der Waals surface area contributed by atoms with Gasteiger partial charge in [0.2, 0.25) is 5.91 Å². The lowest BCUT2D eigenvalue weighted by molar-refractivity contribution is -0.134. The van der Waals surface area contributed by atoms with E-state index in [0.29, 0.717) is 23.7 Å². The fourth-order valence-corrected chi connectivity index (χ4v) is 4.10. The number of fused-ring (bicyclic) bond motifs is 1. The number of aryl methyl sites for hydroxylation is 1.